The number of hydrogen-bond acceptors (Lipinski definition) is 5. The lowest BCUT2D eigenvalue weighted by atomic mass is 10.1. The van der Waals surface area contributed by atoms with E-state index in [2.05, 4.69) is 15.5 Å². The van der Waals surface area contributed by atoms with Gasteiger partial charge in [-0.25, -0.2) is 0 Å². The lowest BCUT2D eigenvalue weighted by molar-refractivity contribution is -0.113. The molecule has 0 radical (unpaired) electrons. The number of nitrogens with zero attached hydrogens (tertiary/aromatic N) is 2. The average Bonchev–Trinajstić information content (AvgIpc) is 2.91. The van der Waals surface area contributed by atoms with Crippen molar-refractivity contribution in [1.82, 2.24) is 10.2 Å². The van der Waals surface area contributed by atoms with Crippen LogP contribution in [0.25, 0.3) is 10.8 Å². The van der Waals surface area contributed by atoms with E-state index in [-0.39, 0.29) is 11.7 Å². The van der Waals surface area contributed by atoms with E-state index in [0.717, 1.165) is 16.5 Å². The second-order valence-corrected chi connectivity index (χ2v) is 5.38. The van der Waals surface area contributed by atoms with Gasteiger partial charge in [-0.3, -0.25) is 4.79 Å². The van der Waals surface area contributed by atoms with Crippen molar-refractivity contribution in [1.29, 1.82) is 0 Å². The number of aromatic nitrogens is 2. The summed E-state index contributed by atoms with van der Waals surface area (Å²) >= 11 is 1.22. The average molecular weight is 299 g/mol. The number of amides is 1. The molecule has 0 unspecified atom stereocenters. The molecule has 3 rings (SSSR count). The molecule has 0 bridgehead atoms. The zero-order chi connectivity index (χ0) is 14.7. The topological polar surface area (TPSA) is 68.0 Å². The second kappa shape index (κ2) is 5.97. The molecule has 0 aliphatic rings. The van der Waals surface area contributed by atoms with Gasteiger partial charge in [0, 0.05) is 18.0 Å². The van der Waals surface area contributed by atoms with Crippen LogP contribution in [0.4, 0.5) is 5.69 Å². The van der Waals surface area contributed by atoms with Gasteiger partial charge in [0.2, 0.25) is 11.8 Å². The highest BCUT2D eigenvalue weighted by molar-refractivity contribution is 7.99. The van der Waals surface area contributed by atoms with E-state index in [1.165, 1.54) is 11.8 Å². The molecule has 1 N–H and O–H groups in total. The molecule has 0 atom stereocenters. The summed E-state index contributed by atoms with van der Waals surface area (Å²) in [5.74, 6) is 0.615. The van der Waals surface area contributed by atoms with Crippen molar-refractivity contribution in [2.45, 2.75) is 12.1 Å². The molecule has 0 saturated heterocycles. The summed E-state index contributed by atoms with van der Waals surface area (Å²) in [6.07, 6.45) is 0. The molecule has 1 heterocycles. The first kappa shape index (κ1) is 13.6. The number of thioether (sulfide) groups is 1. The molecule has 5 nitrogen and oxygen atoms in total. The molecule has 3 aromatic rings. The van der Waals surface area contributed by atoms with Gasteiger partial charge in [0.25, 0.3) is 5.22 Å². The Morgan fingerprint density at radius 2 is 2.00 bits per heavy atom. The van der Waals surface area contributed by atoms with E-state index in [0.29, 0.717) is 11.1 Å². The number of anilines is 1. The number of carbonyl (C=O) groups excluding carboxylic acids is 1. The van der Waals surface area contributed by atoms with Gasteiger partial charge < -0.3 is 9.73 Å². The molecule has 2 aromatic carbocycles. The minimum atomic E-state index is -0.104. The molecule has 0 spiro atoms. The molecule has 1 aromatic heterocycles. The Balaban J connectivity index is 1.69. The highest BCUT2D eigenvalue weighted by Gasteiger charge is 2.09. The Bertz CT molecular complexity index is 780. The van der Waals surface area contributed by atoms with Crippen LogP contribution in [0.3, 0.4) is 0 Å². The van der Waals surface area contributed by atoms with Crippen LogP contribution in [0.2, 0.25) is 0 Å². The van der Waals surface area contributed by atoms with Gasteiger partial charge >= 0.3 is 0 Å². The van der Waals surface area contributed by atoms with Crippen molar-refractivity contribution in [2.24, 2.45) is 0 Å². The zero-order valence-electron chi connectivity index (χ0n) is 11.4. The second-order valence-electron chi connectivity index (χ2n) is 4.45. The number of benzene rings is 2. The number of carbonyl (C=O) groups is 1. The lowest BCUT2D eigenvalue weighted by Gasteiger charge is -2.07. The number of aryl methyl sites for hydroxylation is 1. The van der Waals surface area contributed by atoms with E-state index in [1.54, 1.807) is 6.92 Å². The predicted octanol–water partition coefficient (Wildman–Crippen LogP) is 3.26. The minimum absolute atomic E-state index is 0.104. The fraction of sp³-hybridized carbons (Fsp3) is 0.133. The number of hydrogen-bond donors (Lipinski definition) is 1. The van der Waals surface area contributed by atoms with E-state index >= 15 is 0 Å². The standard InChI is InChI=1S/C15H13N3O2S/c1-10-17-18-15(20-10)21-9-14(19)16-13-8-4-6-11-5-2-3-7-12(11)13/h2-8H,9H2,1H3,(H,16,19). The Kier molecular flexibility index (Phi) is 3.87. The first-order valence-electron chi connectivity index (χ1n) is 6.43. The van der Waals surface area contributed by atoms with Crippen molar-refractivity contribution < 1.29 is 9.21 Å². The monoisotopic (exact) mass is 299 g/mol. The van der Waals surface area contributed by atoms with Crippen LogP contribution in [0.15, 0.2) is 52.1 Å². The summed E-state index contributed by atoms with van der Waals surface area (Å²) < 4.78 is 5.22. The molecule has 0 aliphatic carbocycles. The highest BCUT2D eigenvalue weighted by Crippen LogP contribution is 2.23. The summed E-state index contributed by atoms with van der Waals surface area (Å²) in [5.41, 5.74) is 0.806. The van der Waals surface area contributed by atoms with E-state index in [9.17, 15) is 4.79 Å². The molecule has 0 fully saturated rings. The Hall–Kier alpha value is -2.34. The summed E-state index contributed by atoms with van der Waals surface area (Å²) in [5, 5.41) is 13.0. The quantitative estimate of drug-likeness (QED) is 0.749. The Morgan fingerprint density at radius 3 is 2.81 bits per heavy atom. The van der Waals surface area contributed by atoms with Crippen molar-refractivity contribution in [3.05, 3.63) is 48.4 Å². The summed E-state index contributed by atoms with van der Waals surface area (Å²) in [6.45, 7) is 1.72. The SMILES string of the molecule is Cc1nnc(SCC(=O)Nc2cccc3ccccc23)o1. The molecular formula is C15H13N3O2S. The van der Waals surface area contributed by atoms with Crippen molar-refractivity contribution in [3.8, 4) is 0 Å². The molecule has 0 aliphatic heterocycles. The van der Waals surface area contributed by atoms with Crippen LogP contribution in [-0.2, 0) is 4.79 Å². The molecular weight excluding hydrogens is 286 g/mol. The maximum Gasteiger partial charge on any atom is 0.277 e. The van der Waals surface area contributed by atoms with E-state index < -0.39 is 0 Å². The third-order valence-electron chi connectivity index (χ3n) is 2.90. The lowest BCUT2D eigenvalue weighted by Crippen LogP contribution is -2.14. The van der Waals surface area contributed by atoms with E-state index in [1.807, 2.05) is 42.5 Å². The summed E-state index contributed by atoms with van der Waals surface area (Å²) in [7, 11) is 0. The van der Waals surface area contributed by atoms with Crippen LogP contribution in [0.5, 0.6) is 0 Å². The number of nitrogens with one attached hydrogen (secondary N) is 1. The van der Waals surface area contributed by atoms with Gasteiger partial charge in [-0.2, -0.15) is 0 Å². The Labute approximate surface area is 125 Å². The largest absolute Gasteiger partial charge is 0.416 e. The van der Waals surface area contributed by atoms with Crippen molar-refractivity contribution in [2.75, 3.05) is 11.1 Å². The van der Waals surface area contributed by atoms with Crippen LogP contribution in [0.1, 0.15) is 5.89 Å². The third kappa shape index (κ3) is 3.22. The first-order chi connectivity index (χ1) is 10.2. The smallest absolute Gasteiger partial charge is 0.277 e. The molecule has 106 valence electrons. The number of rotatable bonds is 4. The van der Waals surface area contributed by atoms with Gasteiger partial charge in [-0.15, -0.1) is 10.2 Å². The normalized spacial score (nSPS) is 10.7. The maximum atomic E-state index is 12.0. The third-order valence-corrected chi connectivity index (χ3v) is 3.72. The molecule has 1 amide bonds. The summed E-state index contributed by atoms with van der Waals surface area (Å²) in [4.78, 5) is 12.0. The minimum Gasteiger partial charge on any atom is -0.416 e. The maximum absolute atomic E-state index is 12.0. The fourth-order valence-corrected chi connectivity index (χ4v) is 2.59. The van der Waals surface area contributed by atoms with Crippen molar-refractivity contribution >= 4 is 34.1 Å². The van der Waals surface area contributed by atoms with Gasteiger partial charge in [-0.1, -0.05) is 48.2 Å². The van der Waals surface area contributed by atoms with Gasteiger partial charge in [0.15, 0.2) is 0 Å². The van der Waals surface area contributed by atoms with Crippen molar-refractivity contribution in [3.63, 3.8) is 0 Å². The Morgan fingerprint density at radius 1 is 1.19 bits per heavy atom. The van der Waals surface area contributed by atoms with Gasteiger partial charge in [0.1, 0.15) is 0 Å². The van der Waals surface area contributed by atoms with Crippen LogP contribution in [-0.4, -0.2) is 21.9 Å². The van der Waals surface area contributed by atoms with Crippen LogP contribution < -0.4 is 5.32 Å². The van der Waals surface area contributed by atoms with E-state index in [4.69, 9.17) is 4.42 Å². The van der Waals surface area contributed by atoms with Crippen LogP contribution in [0, 0.1) is 6.92 Å². The van der Waals surface area contributed by atoms with Crippen LogP contribution >= 0.6 is 11.8 Å². The predicted molar refractivity (Wildman–Crippen MR) is 82.3 cm³/mol. The van der Waals surface area contributed by atoms with Gasteiger partial charge in [0.05, 0.1) is 5.75 Å². The molecule has 0 saturated carbocycles. The molecule has 21 heavy (non-hydrogen) atoms. The number of fused-ring (bicyclic) bond motifs is 1. The fourth-order valence-electron chi connectivity index (χ4n) is 1.98. The highest BCUT2D eigenvalue weighted by atomic mass is 32.2. The zero-order valence-corrected chi connectivity index (χ0v) is 12.2. The first-order valence-corrected chi connectivity index (χ1v) is 7.41. The summed E-state index contributed by atoms with van der Waals surface area (Å²) in [6, 6.07) is 13.8. The molecule has 6 heteroatoms. The van der Waals surface area contributed by atoms with Gasteiger partial charge in [-0.05, 0) is 11.5 Å².